The van der Waals surface area contributed by atoms with Crippen LogP contribution in [0.15, 0.2) is 18.2 Å². The number of hydrogen-bond donors (Lipinski definition) is 2. The number of fused-ring (bicyclic) bond motifs is 1. The number of rotatable bonds is 1. The first kappa shape index (κ1) is 11.2. The van der Waals surface area contributed by atoms with Crippen molar-refractivity contribution in [1.82, 2.24) is 10.2 Å². The van der Waals surface area contributed by atoms with Crippen molar-refractivity contribution in [3.8, 4) is 22.8 Å². The lowest BCUT2D eigenvalue weighted by Gasteiger charge is -2.10. The molecule has 5 nitrogen and oxygen atoms in total. The molecule has 1 aromatic heterocycles. The summed E-state index contributed by atoms with van der Waals surface area (Å²) >= 11 is 6.23. The van der Waals surface area contributed by atoms with Gasteiger partial charge in [-0.2, -0.15) is 5.10 Å². The van der Waals surface area contributed by atoms with Gasteiger partial charge in [0.1, 0.15) is 5.82 Å². The number of nitrogens with one attached hydrogen (secondary N) is 1. The molecule has 18 heavy (non-hydrogen) atoms. The highest BCUT2D eigenvalue weighted by molar-refractivity contribution is 6.33. The smallest absolute Gasteiger partial charge is 0.162 e. The van der Waals surface area contributed by atoms with E-state index >= 15 is 0 Å². The summed E-state index contributed by atoms with van der Waals surface area (Å²) < 4.78 is 11.2. The van der Waals surface area contributed by atoms with Gasteiger partial charge in [0.25, 0.3) is 0 Å². The molecule has 0 fully saturated rings. The number of aromatic amines is 1. The topological polar surface area (TPSA) is 73.2 Å². The zero-order valence-corrected chi connectivity index (χ0v) is 10.3. The molecule has 0 spiro atoms. The predicted octanol–water partition coefficient (Wildman–Crippen LogP) is 2.47. The second-order valence-electron chi connectivity index (χ2n) is 4.04. The normalized spacial score (nSPS) is 14.3. The van der Waals surface area contributed by atoms with Gasteiger partial charge in [-0.1, -0.05) is 11.6 Å². The second kappa shape index (κ2) is 4.42. The highest BCUT2D eigenvalue weighted by Crippen LogP contribution is 2.39. The van der Waals surface area contributed by atoms with Gasteiger partial charge in [0.2, 0.25) is 0 Å². The SMILES string of the molecule is Nc1cc(-c2cc3c(cc2Cl)OCCCO3)[nH]n1. The van der Waals surface area contributed by atoms with Crippen LogP contribution in [0.4, 0.5) is 5.82 Å². The number of halogens is 1. The zero-order valence-electron chi connectivity index (χ0n) is 9.57. The van der Waals surface area contributed by atoms with E-state index in [1.54, 1.807) is 12.1 Å². The molecule has 0 atom stereocenters. The van der Waals surface area contributed by atoms with Crippen LogP contribution in [0.25, 0.3) is 11.3 Å². The van der Waals surface area contributed by atoms with Crippen LogP contribution >= 0.6 is 11.6 Å². The minimum absolute atomic E-state index is 0.424. The second-order valence-corrected chi connectivity index (χ2v) is 4.44. The van der Waals surface area contributed by atoms with Crippen molar-refractivity contribution in [1.29, 1.82) is 0 Å². The molecular formula is C12H12ClN3O2. The maximum absolute atomic E-state index is 6.23. The van der Waals surface area contributed by atoms with Gasteiger partial charge in [-0.15, -0.1) is 0 Å². The lowest BCUT2D eigenvalue weighted by atomic mass is 10.1. The summed E-state index contributed by atoms with van der Waals surface area (Å²) in [5.41, 5.74) is 7.14. The summed E-state index contributed by atoms with van der Waals surface area (Å²) in [7, 11) is 0. The van der Waals surface area contributed by atoms with Crippen LogP contribution in [0.1, 0.15) is 6.42 Å². The van der Waals surface area contributed by atoms with E-state index < -0.39 is 0 Å². The molecule has 2 heterocycles. The number of H-pyrrole nitrogens is 1. The van der Waals surface area contributed by atoms with E-state index in [2.05, 4.69) is 10.2 Å². The first-order valence-corrected chi connectivity index (χ1v) is 6.02. The summed E-state index contributed by atoms with van der Waals surface area (Å²) in [4.78, 5) is 0. The van der Waals surface area contributed by atoms with Gasteiger partial charge >= 0.3 is 0 Å². The van der Waals surface area contributed by atoms with Gasteiger partial charge in [0.05, 0.1) is 23.9 Å². The molecule has 1 aliphatic heterocycles. The lowest BCUT2D eigenvalue weighted by Crippen LogP contribution is -1.97. The Bertz CT molecular complexity index is 583. The van der Waals surface area contributed by atoms with Gasteiger partial charge in [0.15, 0.2) is 11.5 Å². The van der Waals surface area contributed by atoms with Gasteiger partial charge in [-0.3, -0.25) is 5.10 Å². The number of anilines is 1. The Hall–Kier alpha value is -1.88. The minimum Gasteiger partial charge on any atom is -0.490 e. The number of aromatic nitrogens is 2. The minimum atomic E-state index is 0.424. The zero-order chi connectivity index (χ0) is 12.5. The summed E-state index contributed by atoms with van der Waals surface area (Å²) in [6.07, 6.45) is 0.860. The van der Waals surface area contributed by atoms with E-state index in [1.165, 1.54) is 0 Å². The largest absolute Gasteiger partial charge is 0.490 e. The molecule has 0 saturated heterocycles. The monoisotopic (exact) mass is 265 g/mol. The van der Waals surface area contributed by atoms with E-state index in [9.17, 15) is 0 Å². The summed E-state index contributed by atoms with van der Waals surface area (Å²) in [5, 5.41) is 7.29. The molecular weight excluding hydrogens is 254 g/mol. The van der Waals surface area contributed by atoms with E-state index in [0.29, 0.717) is 35.6 Å². The molecule has 2 aromatic rings. The van der Waals surface area contributed by atoms with Crippen molar-refractivity contribution in [3.05, 3.63) is 23.2 Å². The number of nitrogens with two attached hydrogens (primary N) is 1. The molecule has 0 saturated carbocycles. The first-order valence-electron chi connectivity index (χ1n) is 5.64. The Kier molecular flexibility index (Phi) is 2.76. The fraction of sp³-hybridized carbons (Fsp3) is 0.250. The Labute approximate surface area is 109 Å². The maximum Gasteiger partial charge on any atom is 0.162 e. The molecule has 1 aliphatic rings. The molecule has 0 amide bonds. The fourth-order valence-corrected chi connectivity index (χ4v) is 2.12. The van der Waals surface area contributed by atoms with E-state index in [0.717, 1.165) is 17.7 Å². The van der Waals surface area contributed by atoms with E-state index in [4.69, 9.17) is 26.8 Å². The molecule has 0 bridgehead atoms. The number of nitrogen functional groups attached to an aromatic ring is 1. The number of benzene rings is 1. The standard InChI is InChI=1S/C12H12ClN3O2/c13-8-5-11-10(17-2-1-3-18-11)4-7(8)9-6-12(14)16-15-9/h4-6H,1-3H2,(H3,14,15,16). The third-order valence-electron chi connectivity index (χ3n) is 2.73. The Morgan fingerprint density at radius 2 is 1.89 bits per heavy atom. The van der Waals surface area contributed by atoms with Crippen LogP contribution in [0, 0.1) is 0 Å². The molecule has 0 radical (unpaired) electrons. The summed E-state index contributed by atoms with van der Waals surface area (Å²) in [6, 6.07) is 5.33. The Morgan fingerprint density at radius 1 is 1.17 bits per heavy atom. The van der Waals surface area contributed by atoms with E-state index in [1.807, 2.05) is 6.07 Å². The summed E-state index contributed by atoms with van der Waals surface area (Å²) in [6.45, 7) is 1.28. The van der Waals surface area contributed by atoms with Crippen LogP contribution in [-0.4, -0.2) is 23.4 Å². The lowest BCUT2D eigenvalue weighted by molar-refractivity contribution is 0.297. The molecule has 94 valence electrons. The highest BCUT2D eigenvalue weighted by Gasteiger charge is 2.16. The van der Waals surface area contributed by atoms with Crippen LogP contribution in [0.5, 0.6) is 11.5 Å². The Morgan fingerprint density at radius 3 is 2.56 bits per heavy atom. The Balaban J connectivity index is 2.08. The average Bonchev–Trinajstić information content (AvgIpc) is 2.65. The van der Waals surface area contributed by atoms with Crippen molar-refractivity contribution in [2.24, 2.45) is 0 Å². The molecule has 0 unspecified atom stereocenters. The van der Waals surface area contributed by atoms with Crippen LogP contribution < -0.4 is 15.2 Å². The third kappa shape index (κ3) is 1.97. The highest BCUT2D eigenvalue weighted by atomic mass is 35.5. The fourth-order valence-electron chi connectivity index (χ4n) is 1.87. The van der Waals surface area contributed by atoms with Gasteiger partial charge in [0, 0.05) is 24.1 Å². The number of hydrogen-bond acceptors (Lipinski definition) is 4. The molecule has 0 aliphatic carbocycles. The van der Waals surface area contributed by atoms with E-state index in [-0.39, 0.29) is 0 Å². The van der Waals surface area contributed by atoms with Crippen molar-refractivity contribution < 1.29 is 9.47 Å². The van der Waals surface area contributed by atoms with Crippen molar-refractivity contribution in [2.75, 3.05) is 18.9 Å². The third-order valence-corrected chi connectivity index (χ3v) is 3.04. The van der Waals surface area contributed by atoms with Crippen molar-refractivity contribution in [2.45, 2.75) is 6.42 Å². The predicted molar refractivity (Wildman–Crippen MR) is 69.1 cm³/mol. The molecule has 6 heteroatoms. The molecule has 1 aromatic carbocycles. The molecule has 3 N–H and O–H groups in total. The summed E-state index contributed by atoms with van der Waals surface area (Å²) in [5.74, 6) is 1.79. The van der Waals surface area contributed by atoms with Crippen LogP contribution in [-0.2, 0) is 0 Å². The van der Waals surface area contributed by atoms with Gasteiger partial charge in [-0.05, 0) is 6.07 Å². The van der Waals surface area contributed by atoms with Crippen molar-refractivity contribution >= 4 is 17.4 Å². The number of nitrogens with zero attached hydrogens (tertiary/aromatic N) is 1. The van der Waals surface area contributed by atoms with Crippen molar-refractivity contribution in [3.63, 3.8) is 0 Å². The first-order chi connectivity index (χ1) is 8.74. The van der Waals surface area contributed by atoms with Crippen LogP contribution in [0.3, 0.4) is 0 Å². The van der Waals surface area contributed by atoms with Gasteiger partial charge < -0.3 is 15.2 Å². The molecule has 3 rings (SSSR count). The van der Waals surface area contributed by atoms with Crippen LogP contribution in [0.2, 0.25) is 5.02 Å². The average molecular weight is 266 g/mol. The van der Waals surface area contributed by atoms with Gasteiger partial charge in [-0.25, -0.2) is 0 Å². The maximum atomic E-state index is 6.23. The quantitative estimate of drug-likeness (QED) is 0.831. The number of ether oxygens (including phenoxy) is 2.